The Kier molecular flexibility index (Phi) is 44.0. The van der Waals surface area contributed by atoms with Crippen molar-refractivity contribution in [2.45, 2.75) is 265 Å². The lowest BCUT2D eigenvalue weighted by Crippen LogP contribution is -2.43. The highest BCUT2D eigenvalue weighted by Gasteiger charge is 2.16. The number of ether oxygens (including phenoxy) is 3. The molecule has 0 spiro atoms. The van der Waals surface area contributed by atoms with Gasteiger partial charge in [-0.15, -0.1) is 0 Å². The number of hydrogen-bond donors (Lipinski definition) is 1. The summed E-state index contributed by atoms with van der Waals surface area (Å²) in [6.45, 7) is 17.8. The summed E-state index contributed by atoms with van der Waals surface area (Å²) in [4.78, 5) is 27.6. The molecule has 0 radical (unpaired) electrons. The van der Waals surface area contributed by atoms with E-state index in [-0.39, 0.29) is 11.9 Å². The highest BCUT2D eigenvalue weighted by Crippen LogP contribution is 2.24. The molecule has 1 fully saturated rings. The van der Waals surface area contributed by atoms with Gasteiger partial charge in [-0.25, -0.2) is 0 Å². The smallest absolute Gasteiger partial charge is 0.306 e. The number of esters is 2. The van der Waals surface area contributed by atoms with Gasteiger partial charge in [-0.05, 0) is 75.5 Å². The molecule has 0 amide bonds. The molecule has 0 aromatic rings. The molecule has 0 atom stereocenters. The van der Waals surface area contributed by atoms with Gasteiger partial charge in [-0.3, -0.25) is 9.59 Å². The highest BCUT2D eigenvalue weighted by atomic mass is 16.5. The molecule has 1 heterocycles. The molecule has 0 aromatic carbocycles. The van der Waals surface area contributed by atoms with E-state index in [4.69, 9.17) is 14.2 Å². The second-order valence-corrected chi connectivity index (χ2v) is 19.7. The molecule has 0 aliphatic carbocycles. The van der Waals surface area contributed by atoms with Crippen LogP contribution in [0.15, 0.2) is 0 Å². The number of nitrogens with zero attached hydrogens (tertiary/aromatic N) is 1. The van der Waals surface area contributed by atoms with E-state index in [1.807, 2.05) is 0 Å². The standard InChI is InChI=1S/C55H108N2O5/c1-5-9-25-34-51(35-26-10-6-2)48-54(58)61-46-31-23-19-15-13-17-21-29-38-53(50-60-45-33-42-57-43-40-56-41-44-57)39-30-22-18-14-16-20-24-32-47-62-55(59)49-52(36-27-11-7-3)37-28-12-8-4/h51-53,56H,5-50H2,1-4H3. The number of piperazine rings is 1. The fourth-order valence-electron chi connectivity index (χ4n) is 9.47. The zero-order chi connectivity index (χ0) is 44.8. The predicted octanol–water partition coefficient (Wildman–Crippen LogP) is 15.4. The van der Waals surface area contributed by atoms with Crippen molar-refractivity contribution in [3.63, 3.8) is 0 Å². The van der Waals surface area contributed by atoms with Crippen LogP contribution in [-0.2, 0) is 23.8 Å². The van der Waals surface area contributed by atoms with E-state index in [0.717, 1.165) is 45.6 Å². The van der Waals surface area contributed by atoms with Crippen LogP contribution in [0.25, 0.3) is 0 Å². The van der Waals surface area contributed by atoms with Gasteiger partial charge in [0.25, 0.3) is 0 Å². The van der Waals surface area contributed by atoms with Crippen molar-refractivity contribution in [3.05, 3.63) is 0 Å². The first-order chi connectivity index (χ1) is 30.5. The minimum atomic E-state index is 0.0371. The summed E-state index contributed by atoms with van der Waals surface area (Å²) in [7, 11) is 0. The molecule has 7 nitrogen and oxygen atoms in total. The number of hydrogen-bond acceptors (Lipinski definition) is 7. The Balaban J connectivity index is 2.19. The second kappa shape index (κ2) is 46.4. The van der Waals surface area contributed by atoms with Crippen LogP contribution >= 0.6 is 0 Å². The Bertz CT molecular complexity index is 863. The average molecular weight is 877 g/mol. The second-order valence-electron chi connectivity index (χ2n) is 19.7. The van der Waals surface area contributed by atoms with Crippen LogP contribution in [0.5, 0.6) is 0 Å². The summed E-state index contributed by atoms with van der Waals surface area (Å²) in [5.41, 5.74) is 0. The molecule has 0 unspecified atom stereocenters. The first kappa shape index (κ1) is 58.8. The Morgan fingerprint density at radius 2 is 0.758 bits per heavy atom. The maximum atomic E-state index is 12.5. The van der Waals surface area contributed by atoms with Crippen LogP contribution < -0.4 is 5.32 Å². The van der Waals surface area contributed by atoms with Crippen LogP contribution in [-0.4, -0.2) is 76.0 Å². The van der Waals surface area contributed by atoms with Crippen LogP contribution in [0.3, 0.4) is 0 Å². The SMILES string of the molecule is CCCCCC(CCCCC)CC(=O)OCCCCCCCCCCC(CCCCCCCCCCOC(=O)CC(CCCCC)CCCCC)COCCCN1CCNCC1. The average Bonchev–Trinajstić information content (AvgIpc) is 3.27. The Morgan fingerprint density at radius 3 is 1.15 bits per heavy atom. The molecule has 368 valence electrons. The van der Waals surface area contributed by atoms with Crippen molar-refractivity contribution in [1.29, 1.82) is 0 Å². The molecule has 7 heteroatoms. The van der Waals surface area contributed by atoms with E-state index >= 15 is 0 Å². The third kappa shape index (κ3) is 39.2. The molecule has 1 rings (SSSR count). The lowest BCUT2D eigenvalue weighted by Gasteiger charge is -2.27. The fraction of sp³-hybridized carbons (Fsp3) is 0.964. The summed E-state index contributed by atoms with van der Waals surface area (Å²) in [5.74, 6) is 1.81. The van der Waals surface area contributed by atoms with Crippen molar-refractivity contribution in [1.82, 2.24) is 10.2 Å². The molecule has 1 N–H and O–H groups in total. The van der Waals surface area contributed by atoms with Gasteiger partial charge in [0.15, 0.2) is 0 Å². The lowest BCUT2D eigenvalue weighted by molar-refractivity contribution is -0.146. The predicted molar refractivity (Wildman–Crippen MR) is 266 cm³/mol. The van der Waals surface area contributed by atoms with E-state index in [0.29, 0.717) is 43.8 Å². The van der Waals surface area contributed by atoms with Gasteiger partial charge in [-0.2, -0.15) is 0 Å². The van der Waals surface area contributed by atoms with E-state index in [1.54, 1.807) is 0 Å². The third-order valence-corrected chi connectivity index (χ3v) is 13.6. The van der Waals surface area contributed by atoms with Crippen LogP contribution in [0.4, 0.5) is 0 Å². The number of nitrogens with one attached hydrogen (secondary N) is 1. The van der Waals surface area contributed by atoms with Crippen molar-refractivity contribution in [3.8, 4) is 0 Å². The van der Waals surface area contributed by atoms with Crippen molar-refractivity contribution >= 4 is 11.9 Å². The van der Waals surface area contributed by atoms with Gasteiger partial charge in [0.2, 0.25) is 0 Å². The van der Waals surface area contributed by atoms with Crippen molar-refractivity contribution in [2.75, 3.05) is 59.2 Å². The van der Waals surface area contributed by atoms with Gasteiger partial charge in [0.1, 0.15) is 0 Å². The fourth-order valence-corrected chi connectivity index (χ4v) is 9.47. The Hall–Kier alpha value is -1.18. The summed E-state index contributed by atoms with van der Waals surface area (Å²) in [5, 5.41) is 3.46. The first-order valence-electron chi connectivity index (χ1n) is 27.8. The van der Waals surface area contributed by atoms with Crippen LogP contribution in [0.1, 0.15) is 265 Å². The molecule has 0 saturated carbocycles. The molecular weight excluding hydrogens is 769 g/mol. The quantitative estimate of drug-likeness (QED) is 0.0482. The lowest BCUT2D eigenvalue weighted by atomic mass is 9.92. The number of carbonyl (C=O) groups is 2. The third-order valence-electron chi connectivity index (χ3n) is 13.6. The van der Waals surface area contributed by atoms with E-state index in [9.17, 15) is 9.59 Å². The first-order valence-corrected chi connectivity index (χ1v) is 27.8. The Morgan fingerprint density at radius 1 is 0.419 bits per heavy atom. The number of carbonyl (C=O) groups excluding carboxylic acids is 2. The minimum absolute atomic E-state index is 0.0371. The largest absolute Gasteiger partial charge is 0.466 e. The van der Waals surface area contributed by atoms with E-state index in [2.05, 4.69) is 37.9 Å². The minimum Gasteiger partial charge on any atom is -0.466 e. The Labute approximate surface area is 386 Å². The van der Waals surface area contributed by atoms with Gasteiger partial charge < -0.3 is 24.4 Å². The summed E-state index contributed by atoms with van der Waals surface area (Å²) < 4.78 is 17.7. The van der Waals surface area contributed by atoms with Gasteiger partial charge in [0, 0.05) is 58.8 Å². The monoisotopic (exact) mass is 877 g/mol. The van der Waals surface area contributed by atoms with Crippen molar-refractivity contribution < 1.29 is 23.8 Å². The number of rotatable bonds is 48. The zero-order valence-electron chi connectivity index (χ0n) is 42.2. The summed E-state index contributed by atoms with van der Waals surface area (Å²) in [6, 6.07) is 0. The highest BCUT2D eigenvalue weighted by molar-refractivity contribution is 5.70. The summed E-state index contributed by atoms with van der Waals surface area (Å²) in [6.07, 6.45) is 45.0. The zero-order valence-corrected chi connectivity index (χ0v) is 42.2. The molecular formula is C55H108N2O5. The van der Waals surface area contributed by atoms with Crippen LogP contribution in [0, 0.1) is 17.8 Å². The molecule has 1 aliphatic heterocycles. The molecule has 1 saturated heterocycles. The molecule has 0 bridgehead atoms. The maximum absolute atomic E-state index is 12.5. The maximum Gasteiger partial charge on any atom is 0.306 e. The molecule has 62 heavy (non-hydrogen) atoms. The molecule has 1 aliphatic rings. The number of unbranched alkanes of at least 4 members (excludes halogenated alkanes) is 22. The summed E-state index contributed by atoms with van der Waals surface area (Å²) >= 11 is 0. The topological polar surface area (TPSA) is 77.1 Å². The molecule has 0 aromatic heterocycles. The van der Waals surface area contributed by atoms with E-state index in [1.165, 1.54) is 225 Å². The van der Waals surface area contributed by atoms with Crippen molar-refractivity contribution in [2.24, 2.45) is 17.8 Å². The van der Waals surface area contributed by atoms with Crippen LogP contribution in [0.2, 0.25) is 0 Å². The van der Waals surface area contributed by atoms with Gasteiger partial charge in [0.05, 0.1) is 13.2 Å². The normalized spacial score (nSPS) is 13.5. The van der Waals surface area contributed by atoms with Gasteiger partial charge in [-0.1, -0.05) is 195 Å². The van der Waals surface area contributed by atoms with Gasteiger partial charge >= 0.3 is 11.9 Å². The van der Waals surface area contributed by atoms with E-state index < -0.39 is 0 Å².